The maximum Gasteiger partial charge on any atom is 0.408 e. The summed E-state index contributed by atoms with van der Waals surface area (Å²) < 4.78 is 6.26. The number of hydrogen-bond donors (Lipinski definition) is 2. The Hall–Kier alpha value is -2.08. The molecule has 118 valence electrons. The number of rotatable bonds is 4. The second kappa shape index (κ2) is 6.36. The van der Waals surface area contributed by atoms with Gasteiger partial charge in [-0.15, -0.1) is 11.3 Å². The number of nitrogens with one attached hydrogen (secondary N) is 1. The monoisotopic (exact) mass is 321 g/mol. The van der Waals surface area contributed by atoms with E-state index in [9.17, 15) is 9.59 Å². The molecule has 1 heterocycles. The maximum atomic E-state index is 11.9. The topological polar surface area (TPSA) is 75.6 Å². The molecule has 0 aliphatic heterocycles. The van der Waals surface area contributed by atoms with Crippen molar-refractivity contribution in [3.8, 4) is 0 Å². The molecule has 0 radical (unpaired) electrons. The van der Waals surface area contributed by atoms with E-state index < -0.39 is 23.7 Å². The number of hydrogen-bond acceptors (Lipinski definition) is 4. The summed E-state index contributed by atoms with van der Waals surface area (Å²) in [6.45, 7) is 5.29. The van der Waals surface area contributed by atoms with Gasteiger partial charge in [-0.05, 0) is 38.3 Å². The lowest BCUT2D eigenvalue weighted by molar-refractivity contribution is -0.137. The molecule has 0 aliphatic carbocycles. The van der Waals surface area contributed by atoms with Crippen LogP contribution in [0.25, 0.3) is 10.1 Å². The predicted molar refractivity (Wildman–Crippen MR) is 86.2 cm³/mol. The van der Waals surface area contributed by atoms with Gasteiger partial charge in [-0.1, -0.05) is 18.2 Å². The standard InChI is InChI=1S/C16H19NO4S/c1-16(2,3)21-15(20)17-11(9-14(18)19)13-8-10-6-4-5-7-12(10)22-13/h4-8,11H,9H2,1-3H3,(H,17,20)(H,18,19). The molecule has 1 aromatic carbocycles. The van der Waals surface area contributed by atoms with E-state index in [-0.39, 0.29) is 6.42 Å². The third-order valence-corrected chi connectivity index (χ3v) is 4.09. The summed E-state index contributed by atoms with van der Waals surface area (Å²) >= 11 is 1.47. The number of thiophene rings is 1. The number of carboxylic acid groups (broad SMARTS) is 1. The van der Waals surface area contributed by atoms with Crippen LogP contribution in [0, 0.1) is 0 Å². The van der Waals surface area contributed by atoms with Crippen LogP contribution in [0.15, 0.2) is 30.3 Å². The molecular formula is C16H19NO4S. The minimum Gasteiger partial charge on any atom is -0.481 e. The first-order valence-corrected chi connectivity index (χ1v) is 7.76. The molecule has 0 aliphatic rings. The number of carbonyl (C=O) groups excluding carboxylic acids is 1. The molecule has 6 heteroatoms. The van der Waals surface area contributed by atoms with Crippen LogP contribution in [0.5, 0.6) is 0 Å². The Morgan fingerprint density at radius 2 is 2.00 bits per heavy atom. The van der Waals surface area contributed by atoms with Crippen LogP contribution in [0.2, 0.25) is 0 Å². The van der Waals surface area contributed by atoms with Crippen LogP contribution < -0.4 is 5.32 Å². The highest BCUT2D eigenvalue weighted by Gasteiger charge is 2.23. The van der Waals surface area contributed by atoms with Gasteiger partial charge in [-0.2, -0.15) is 0 Å². The number of benzene rings is 1. The zero-order valence-corrected chi connectivity index (χ0v) is 13.6. The van der Waals surface area contributed by atoms with Gasteiger partial charge in [0, 0.05) is 9.58 Å². The fraction of sp³-hybridized carbons (Fsp3) is 0.375. The summed E-state index contributed by atoms with van der Waals surface area (Å²) in [5, 5.41) is 12.8. The van der Waals surface area contributed by atoms with Crippen LogP contribution in [0.4, 0.5) is 4.79 Å². The third-order valence-electron chi connectivity index (χ3n) is 2.86. The van der Waals surface area contributed by atoms with Crippen molar-refractivity contribution in [2.75, 3.05) is 0 Å². The number of carbonyl (C=O) groups is 2. The van der Waals surface area contributed by atoms with Crippen molar-refractivity contribution in [1.29, 1.82) is 0 Å². The lowest BCUT2D eigenvalue weighted by atomic mass is 10.1. The smallest absolute Gasteiger partial charge is 0.408 e. The summed E-state index contributed by atoms with van der Waals surface area (Å²) in [5.74, 6) is -0.974. The fourth-order valence-electron chi connectivity index (χ4n) is 2.02. The molecule has 1 aromatic heterocycles. The highest BCUT2D eigenvalue weighted by atomic mass is 32.1. The molecular weight excluding hydrogens is 302 g/mol. The summed E-state index contributed by atoms with van der Waals surface area (Å²) in [7, 11) is 0. The van der Waals surface area contributed by atoms with Gasteiger partial charge >= 0.3 is 12.1 Å². The van der Waals surface area contributed by atoms with Crippen LogP contribution in [-0.2, 0) is 9.53 Å². The molecule has 0 saturated carbocycles. The van der Waals surface area contributed by atoms with Crippen molar-refractivity contribution in [1.82, 2.24) is 5.32 Å². The predicted octanol–water partition coefficient (Wildman–Crippen LogP) is 3.94. The van der Waals surface area contributed by atoms with E-state index in [0.29, 0.717) is 0 Å². The molecule has 5 nitrogen and oxygen atoms in total. The average Bonchev–Trinajstić information content (AvgIpc) is 2.78. The molecule has 22 heavy (non-hydrogen) atoms. The van der Waals surface area contributed by atoms with Crippen LogP contribution in [0.1, 0.15) is 38.1 Å². The van der Waals surface area contributed by atoms with E-state index in [0.717, 1.165) is 15.0 Å². The highest BCUT2D eigenvalue weighted by Crippen LogP contribution is 2.31. The van der Waals surface area contributed by atoms with Crippen LogP contribution >= 0.6 is 11.3 Å². The van der Waals surface area contributed by atoms with E-state index in [4.69, 9.17) is 9.84 Å². The van der Waals surface area contributed by atoms with Crippen molar-refractivity contribution >= 4 is 33.5 Å². The van der Waals surface area contributed by atoms with E-state index in [1.165, 1.54) is 11.3 Å². The molecule has 0 fully saturated rings. The molecule has 1 unspecified atom stereocenters. The van der Waals surface area contributed by atoms with Gasteiger partial charge in [-0.3, -0.25) is 4.79 Å². The van der Waals surface area contributed by atoms with Crippen LogP contribution in [0.3, 0.4) is 0 Å². The molecule has 0 saturated heterocycles. The number of aliphatic carboxylic acids is 1. The Morgan fingerprint density at radius 1 is 1.32 bits per heavy atom. The quantitative estimate of drug-likeness (QED) is 0.894. The Labute approximate surface area is 132 Å². The summed E-state index contributed by atoms with van der Waals surface area (Å²) in [5.41, 5.74) is -0.627. The Bertz CT molecular complexity index is 654. The van der Waals surface area contributed by atoms with E-state index in [2.05, 4.69) is 5.32 Å². The first-order chi connectivity index (χ1) is 10.2. The van der Waals surface area contributed by atoms with Gasteiger partial charge in [-0.25, -0.2) is 4.79 Å². The largest absolute Gasteiger partial charge is 0.481 e. The van der Waals surface area contributed by atoms with E-state index in [1.54, 1.807) is 20.8 Å². The lowest BCUT2D eigenvalue weighted by Crippen LogP contribution is -2.35. The Balaban J connectivity index is 2.22. The molecule has 2 N–H and O–H groups in total. The number of ether oxygens (including phenoxy) is 1. The van der Waals surface area contributed by atoms with E-state index >= 15 is 0 Å². The normalized spacial score (nSPS) is 12.9. The van der Waals surface area contributed by atoms with Gasteiger partial charge in [0.2, 0.25) is 0 Å². The highest BCUT2D eigenvalue weighted by molar-refractivity contribution is 7.19. The zero-order chi connectivity index (χ0) is 16.3. The number of fused-ring (bicyclic) bond motifs is 1. The Morgan fingerprint density at radius 3 is 2.59 bits per heavy atom. The van der Waals surface area contributed by atoms with Gasteiger partial charge in [0.05, 0.1) is 12.5 Å². The average molecular weight is 321 g/mol. The van der Waals surface area contributed by atoms with Gasteiger partial charge < -0.3 is 15.2 Å². The van der Waals surface area contributed by atoms with Gasteiger partial charge in [0.25, 0.3) is 0 Å². The van der Waals surface area contributed by atoms with Crippen molar-refractivity contribution in [3.05, 3.63) is 35.2 Å². The minimum atomic E-state index is -0.974. The third kappa shape index (κ3) is 4.46. The first kappa shape index (κ1) is 16.3. The van der Waals surface area contributed by atoms with Crippen molar-refractivity contribution < 1.29 is 19.4 Å². The van der Waals surface area contributed by atoms with Crippen molar-refractivity contribution in [3.63, 3.8) is 0 Å². The fourth-order valence-corrected chi connectivity index (χ4v) is 3.14. The molecule has 1 atom stereocenters. The molecule has 2 aromatic rings. The van der Waals surface area contributed by atoms with Gasteiger partial charge in [0.1, 0.15) is 5.60 Å². The molecule has 0 spiro atoms. The minimum absolute atomic E-state index is 0.188. The van der Waals surface area contributed by atoms with Gasteiger partial charge in [0.15, 0.2) is 0 Å². The van der Waals surface area contributed by atoms with Crippen molar-refractivity contribution in [2.24, 2.45) is 0 Å². The number of alkyl carbamates (subject to hydrolysis) is 1. The Kier molecular flexibility index (Phi) is 4.71. The maximum absolute atomic E-state index is 11.9. The van der Waals surface area contributed by atoms with E-state index in [1.807, 2.05) is 30.3 Å². The van der Waals surface area contributed by atoms with Crippen LogP contribution in [-0.4, -0.2) is 22.8 Å². The number of amides is 1. The SMILES string of the molecule is CC(C)(C)OC(=O)NC(CC(=O)O)c1cc2ccccc2s1. The second-order valence-corrected chi connectivity index (χ2v) is 7.10. The molecule has 1 amide bonds. The zero-order valence-electron chi connectivity index (χ0n) is 12.8. The summed E-state index contributed by atoms with van der Waals surface area (Å²) in [6.07, 6.45) is -0.803. The number of carboxylic acids is 1. The second-order valence-electron chi connectivity index (χ2n) is 5.98. The molecule has 0 bridgehead atoms. The first-order valence-electron chi connectivity index (χ1n) is 6.94. The molecule has 2 rings (SSSR count). The van der Waals surface area contributed by atoms with Crippen molar-refractivity contribution in [2.45, 2.75) is 38.8 Å². The summed E-state index contributed by atoms with van der Waals surface area (Å²) in [6, 6.07) is 9.08. The summed E-state index contributed by atoms with van der Waals surface area (Å²) in [4.78, 5) is 23.8. The lowest BCUT2D eigenvalue weighted by Gasteiger charge is -2.22.